The maximum Gasteiger partial charge on any atom is 0.416 e. The molecule has 0 aliphatic heterocycles. The molecule has 0 aliphatic carbocycles. The number of rotatable bonds is 2. The Morgan fingerprint density at radius 3 is 2.52 bits per heavy atom. The number of nitrogens with two attached hydrogens (primary N) is 1. The van der Waals surface area contributed by atoms with Crippen LogP contribution in [0.2, 0.25) is 0 Å². The van der Waals surface area contributed by atoms with Gasteiger partial charge in [-0.15, -0.1) is 0 Å². The number of aromatic nitrogens is 2. The third-order valence-electron chi connectivity index (χ3n) is 4.03. The Morgan fingerprint density at radius 1 is 1.32 bits per heavy atom. The van der Waals surface area contributed by atoms with Crippen molar-refractivity contribution in [1.29, 1.82) is 0 Å². The summed E-state index contributed by atoms with van der Waals surface area (Å²) in [4.78, 5) is 12.7. The second-order valence-corrected chi connectivity index (χ2v) is 6.02. The van der Waals surface area contributed by atoms with Crippen LogP contribution in [0.4, 0.5) is 13.2 Å². The van der Waals surface area contributed by atoms with Crippen molar-refractivity contribution in [2.24, 2.45) is 12.8 Å². The van der Waals surface area contributed by atoms with E-state index in [4.69, 9.17) is 10.2 Å². The molecule has 2 N–H and O–H groups in total. The van der Waals surface area contributed by atoms with Crippen LogP contribution in [0.1, 0.15) is 29.7 Å². The van der Waals surface area contributed by atoms with Crippen molar-refractivity contribution in [1.82, 2.24) is 9.78 Å². The zero-order valence-corrected chi connectivity index (χ0v) is 13.8. The summed E-state index contributed by atoms with van der Waals surface area (Å²) in [5.41, 5.74) is 5.36. The van der Waals surface area contributed by atoms with Gasteiger partial charge < -0.3 is 10.2 Å². The van der Waals surface area contributed by atoms with Gasteiger partial charge in [0, 0.05) is 30.4 Å². The highest BCUT2D eigenvalue weighted by molar-refractivity contribution is 5.84. The molecule has 0 bridgehead atoms. The van der Waals surface area contributed by atoms with Gasteiger partial charge in [0.2, 0.25) is 0 Å². The Kier molecular flexibility index (Phi) is 3.95. The standard InChI is InChI=1S/C17H16F3N3O2/c1-8-14(24)13-5-11(17(18,19)20)4-12(9(2)21)16(13)25-15(8)10-6-22-23(3)7-10/h4-7,9H,21H2,1-3H3/t9-/m1/s1. The SMILES string of the molecule is Cc1c(-c2cnn(C)c2)oc2c([C@@H](C)N)cc(C(F)(F)F)cc2c1=O. The van der Waals surface area contributed by atoms with Gasteiger partial charge in [-0.2, -0.15) is 18.3 Å². The fourth-order valence-electron chi connectivity index (χ4n) is 2.73. The smallest absolute Gasteiger partial charge is 0.416 e. The van der Waals surface area contributed by atoms with Gasteiger partial charge in [-0.3, -0.25) is 9.48 Å². The first-order chi connectivity index (χ1) is 11.6. The van der Waals surface area contributed by atoms with Crippen LogP contribution in [0.5, 0.6) is 0 Å². The lowest BCUT2D eigenvalue weighted by Crippen LogP contribution is -2.15. The molecular formula is C17H16F3N3O2. The van der Waals surface area contributed by atoms with Gasteiger partial charge >= 0.3 is 6.18 Å². The van der Waals surface area contributed by atoms with Gasteiger partial charge in [0.25, 0.3) is 0 Å². The number of benzene rings is 1. The van der Waals surface area contributed by atoms with E-state index in [9.17, 15) is 18.0 Å². The molecule has 0 spiro atoms. The van der Waals surface area contributed by atoms with Gasteiger partial charge in [-0.25, -0.2) is 0 Å². The van der Waals surface area contributed by atoms with E-state index in [1.54, 1.807) is 20.2 Å². The molecule has 1 atom stereocenters. The molecule has 0 saturated carbocycles. The first-order valence-corrected chi connectivity index (χ1v) is 7.52. The van der Waals surface area contributed by atoms with Crippen molar-refractivity contribution < 1.29 is 17.6 Å². The fourth-order valence-corrected chi connectivity index (χ4v) is 2.73. The van der Waals surface area contributed by atoms with Crippen LogP contribution in [-0.4, -0.2) is 9.78 Å². The molecule has 3 aromatic rings. The van der Waals surface area contributed by atoms with Gasteiger partial charge in [0.1, 0.15) is 11.3 Å². The van der Waals surface area contributed by atoms with Crippen LogP contribution in [0.15, 0.2) is 33.7 Å². The molecule has 2 aromatic heterocycles. The Morgan fingerprint density at radius 2 is 2.00 bits per heavy atom. The van der Waals surface area contributed by atoms with Crippen LogP contribution in [0.3, 0.4) is 0 Å². The van der Waals surface area contributed by atoms with Crippen molar-refractivity contribution in [3.05, 3.63) is 51.4 Å². The lowest BCUT2D eigenvalue weighted by molar-refractivity contribution is -0.137. The molecule has 5 nitrogen and oxygen atoms in total. The minimum absolute atomic E-state index is 0.0671. The van der Waals surface area contributed by atoms with Crippen molar-refractivity contribution in [3.8, 4) is 11.3 Å². The van der Waals surface area contributed by atoms with Gasteiger partial charge in [0.05, 0.1) is 22.7 Å². The Bertz CT molecular complexity index is 1020. The fraction of sp³-hybridized carbons (Fsp3) is 0.294. The number of alkyl halides is 3. The third-order valence-corrected chi connectivity index (χ3v) is 4.03. The average molecular weight is 351 g/mol. The zero-order valence-electron chi connectivity index (χ0n) is 13.8. The highest BCUT2D eigenvalue weighted by atomic mass is 19.4. The maximum atomic E-state index is 13.2. The number of aryl methyl sites for hydroxylation is 1. The van der Waals surface area contributed by atoms with Crippen LogP contribution in [0, 0.1) is 6.92 Å². The van der Waals surface area contributed by atoms with E-state index < -0.39 is 23.2 Å². The van der Waals surface area contributed by atoms with Crippen molar-refractivity contribution >= 4 is 11.0 Å². The second kappa shape index (κ2) is 5.73. The minimum atomic E-state index is -4.58. The lowest BCUT2D eigenvalue weighted by Gasteiger charge is -2.15. The van der Waals surface area contributed by atoms with E-state index in [1.165, 1.54) is 17.8 Å². The van der Waals surface area contributed by atoms with E-state index >= 15 is 0 Å². The maximum absolute atomic E-state index is 13.2. The minimum Gasteiger partial charge on any atom is -0.455 e. The van der Waals surface area contributed by atoms with E-state index in [0.717, 1.165) is 12.1 Å². The highest BCUT2D eigenvalue weighted by Gasteiger charge is 2.33. The summed E-state index contributed by atoms with van der Waals surface area (Å²) in [7, 11) is 1.71. The number of halogens is 3. The van der Waals surface area contributed by atoms with E-state index in [-0.39, 0.29) is 27.9 Å². The largest absolute Gasteiger partial charge is 0.455 e. The van der Waals surface area contributed by atoms with E-state index in [1.807, 2.05) is 0 Å². The third kappa shape index (κ3) is 2.93. The predicted molar refractivity (Wildman–Crippen MR) is 87.0 cm³/mol. The summed E-state index contributed by atoms with van der Waals surface area (Å²) in [5, 5.41) is 3.90. The average Bonchev–Trinajstić information content (AvgIpc) is 2.95. The van der Waals surface area contributed by atoms with Crippen LogP contribution in [0.25, 0.3) is 22.3 Å². The molecule has 132 valence electrons. The normalized spacial score (nSPS) is 13.4. The van der Waals surface area contributed by atoms with Crippen LogP contribution in [-0.2, 0) is 13.2 Å². The molecule has 0 radical (unpaired) electrons. The van der Waals surface area contributed by atoms with Crippen molar-refractivity contribution in [2.75, 3.05) is 0 Å². The molecule has 0 amide bonds. The lowest BCUT2D eigenvalue weighted by atomic mass is 9.99. The monoisotopic (exact) mass is 351 g/mol. The molecule has 0 saturated heterocycles. The van der Waals surface area contributed by atoms with Crippen molar-refractivity contribution in [2.45, 2.75) is 26.1 Å². The van der Waals surface area contributed by atoms with Gasteiger partial charge in [0.15, 0.2) is 5.43 Å². The molecule has 25 heavy (non-hydrogen) atoms. The quantitative estimate of drug-likeness (QED) is 0.766. The number of nitrogens with zero attached hydrogens (tertiary/aromatic N) is 2. The summed E-state index contributed by atoms with van der Waals surface area (Å²) in [6.07, 6.45) is -1.40. The van der Waals surface area contributed by atoms with Gasteiger partial charge in [-0.1, -0.05) is 0 Å². The summed E-state index contributed by atoms with van der Waals surface area (Å²) in [6, 6.07) is 1.00. The molecule has 3 rings (SSSR count). The molecule has 0 aliphatic rings. The first kappa shape index (κ1) is 17.2. The molecular weight excluding hydrogens is 335 g/mol. The van der Waals surface area contributed by atoms with Crippen molar-refractivity contribution in [3.63, 3.8) is 0 Å². The van der Waals surface area contributed by atoms with E-state index in [0.29, 0.717) is 5.56 Å². The second-order valence-electron chi connectivity index (χ2n) is 6.02. The predicted octanol–water partition coefficient (Wildman–Crippen LogP) is 3.54. The highest BCUT2D eigenvalue weighted by Crippen LogP contribution is 2.36. The molecule has 2 heterocycles. The number of hydrogen-bond acceptors (Lipinski definition) is 4. The molecule has 1 aromatic carbocycles. The van der Waals surface area contributed by atoms with Gasteiger partial charge in [-0.05, 0) is 26.0 Å². The summed E-state index contributed by atoms with van der Waals surface area (Å²) < 4.78 is 46.8. The Hall–Kier alpha value is -2.61. The molecule has 0 unspecified atom stereocenters. The topological polar surface area (TPSA) is 74.1 Å². The van der Waals surface area contributed by atoms with Crippen LogP contribution >= 0.6 is 0 Å². The first-order valence-electron chi connectivity index (χ1n) is 7.52. The molecule has 0 fully saturated rings. The summed E-state index contributed by atoms with van der Waals surface area (Å²) >= 11 is 0. The Balaban J connectivity index is 2.42. The summed E-state index contributed by atoms with van der Waals surface area (Å²) in [6.45, 7) is 3.05. The van der Waals surface area contributed by atoms with Crippen LogP contribution < -0.4 is 11.2 Å². The zero-order chi connectivity index (χ0) is 18.5. The number of fused-ring (bicyclic) bond motifs is 1. The Labute approximate surface area is 140 Å². The van der Waals surface area contributed by atoms with E-state index in [2.05, 4.69) is 5.10 Å². The summed E-state index contributed by atoms with van der Waals surface area (Å²) in [5.74, 6) is 0.271. The molecule has 8 heteroatoms. The number of hydrogen-bond donors (Lipinski definition) is 1.